The van der Waals surface area contributed by atoms with Crippen molar-refractivity contribution in [3.05, 3.63) is 82.8 Å². The van der Waals surface area contributed by atoms with Crippen LogP contribution in [-0.4, -0.2) is 49.1 Å². The van der Waals surface area contributed by atoms with Crippen molar-refractivity contribution in [2.45, 2.75) is 61.0 Å². The minimum atomic E-state index is -4.51. The van der Waals surface area contributed by atoms with Crippen molar-refractivity contribution >= 4 is 50.9 Å². The Morgan fingerprint density at radius 1 is 1.20 bits per heavy atom. The van der Waals surface area contributed by atoms with Crippen molar-refractivity contribution in [2.75, 3.05) is 9.80 Å². The topological polar surface area (TPSA) is 167 Å². The standard InChI is InChI=1S/C30H26ClF3N6O5S/c31-24-4-2-1-3-23(24)28(29(43)38-19-14-30(33,34)15-19)40(21-10-18(32)11-22(12-21)46(36,44)45)27(42)13-20-5-6-26(41)39(20)25-9-17(16-35)7-8-37-25/h1-4,7-12,19-20,28H,5-6,13-15H2,(H,38,43)(H2,36,44,45)/t20-,28-/m0/s1. The van der Waals surface area contributed by atoms with E-state index in [-0.39, 0.29) is 40.7 Å². The number of benzene rings is 2. The Morgan fingerprint density at radius 2 is 1.91 bits per heavy atom. The molecule has 1 aromatic heterocycles. The fourth-order valence-corrected chi connectivity index (χ4v) is 6.40. The average Bonchev–Trinajstić information content (AvgIpc) is 3.33. The van der Waals surface area contributed by atoms with Crippen LogP contribution in [0.1, 0.15) is 49.3 Å². The van der Waals surface area contributed by atoms with Crippen LogP contribution in [0.25, 0.3) is 0 Å². The molecule has 0 unspecified atom stereocenters. The van der Waals surface area contributed by atoms with E-state index in [2.05, 4.69) is 10.3 Å². The molecule has 0 radical (unpaired) electrons. The molecule has 3 amide bonds. The summed E-state index contributed by atoms with van der Waals surface area (Å²) >= 11 is 6.47. The highest BCUT2D eigenvalue weighted by atomic mass is 35.5. The first-order chi connectivity index (χ1) is 21.7. The van der Waals surface area contributed by atoms with Crippen LogP contribution in [0.4, 0.5) is 24.7 Å². The number of carbonyl (C=O) groups excluding carboxylic acids is 3. The maximum atomic E-state index is 14.9. The lowest BCUT2D eigenvalue weighted by molar-refractivity contribution is -0.133. The van der Waals surface area contributed by atoms with Gasteiger partial charge in [0.1, 0.15) is 17.7 Å². The van der Waals surface area contributed by atoms with Gasteiger partial charge < -0.3 is 5.32 Å². The molecule has 11 nitrogen and oxygen atoms in total. The van der Waals surface area contributed by atoms with Crippen LogP contribution in [-0.2, 0) is 24.4 Å². The fraction of sp³-hybridized carbons (Fsp3) is 0.300. The highest BCUT2D eigenvalue weighted by Gasteiger charge is 2.47. The number of aromatic nitrogens is 1. The first-order valence-electron chi connectivity index (χ1n) is 13.9. The Kier molecular flexibility index (Phi) is 9.07. The Morgan fingerprint density at radius 3 is 2.57 bits per heavy atom. The molecule has 3 N–H and O–H groups in total. The number of halogens is 4. The number of pyridine rings is 1. The summed E-state index contributed by atoms with van der Waals surface area (Å²) in [6.07, 6.45) is -0.245. The summed E-state index contributed by atoms with van der Waals surface area (Å²) in [5.41, 5.74) is -0.150. The van der Waals surface area contributed by atoms with Crippen LogP contribution in [0, 0.1) is 17.1 Å². The third-order valence-corrected chi connectivity index (χ3v) is 8.97. The van der Waals surface area contributed by atoms with E-state index in [0.29, 0.717) is 6.07 Å². The molecule has 2 fully saturated rings. The van der Waals surface area contributed by atoms with E-state index < -0.39 is 81.5 Å². The first-order valence-corrected chi connectivity index (χ1v) is 15.9. The Labute approximate surface area is 266 Å². The summed E-state index contributed by atoms with van der Waals surface area (Å²) in [6.45, 7) is 0. The van der Waals surface area contributed by atoms with Crippen LogP contribution < -0.4 is 20.3 Å². The summed E-state index contributed by atoms with van der Waals surface area (Å²) in [7, 11) is -4.51. The second-order valence-corrected chi connectivity index (χ2v) is 13.0. The minimum absolute atomic E-state index is 0.00217. The van der Waals surface area contributed by atoms with Crippen LogP contribution in [0.2, 0.25) is 5.02 Å². The van der Waals surface area contributed by atoms with Gasteiger partial charge in [-0.05, 0) is 42.8 Å². The van der Waals surface area contributed by atoms with Crippen molar-refractivity contribution in [1.82, 2.24) is 10.3 Å². The largest absolute Gasteiger partial charge is 0.351 e. The van der Waals surface area contributed by atoms with E-state index >= 15 is 0 Å². The average molecular weight is 675 g/mol. The van der Waals surface area contributed by atoms with Gasteiger partial charge in [0.05, 0.1) is 16.5 Å². The van der Waals surface area contributed by atoms with E-state index in [4.69, 9.17) is 16.7 Å². The molecular weight excluding hydrogens is 649 g/mol. The third kappa shape index (κ3) is 6.99. The summed E-state index contributed by atoms with van der Waals surface area (Å²) in [5, 5.41) is 17.1. The molecule has 1 saturated carbocycles. The quantitative estimate of drug-likeness (QED) is 0.346. The monoisotopic (exact) mass is 674 g/mol. The molecule has 2 aromatic carbocycles. The maximum Gasteiger partial charge on any atom is 0.252 e. The van der Waals surface area contributed by atoms with Crippen LogP contribution in [0.3, 0.4) is 0 Å². The number of amides is 3. The predicted octanol–water partition coefficient (Wildman–Crippen LogP) is 3.97. The Bertz CT molecular complexity index is 1860. The molecule has 2 atom stereocenters. The highest BCUT2D eigenvalue weighted by molar-refractivity contribution is 7.89. The van der Waals surface area contributed by atoms with E-state index in [0.717, 1.165) is 17.0 Å². The lowest BCUT2D eigenvalue weighted by Crippen LogP contribution is -2.54. The number of hydrogen-bond donors (Lipinski definition) is 2. The van der Waals surface area contributed by atoms with Gasteiger partial charge in [0.15, 0.2) is 0 Å². The lowest BCUT2D eigenvalue weighted by Gasteiger charge is -2.38. The van der Waals surface area contributed by atoms with Crippen molar-refractivity contribution in [3.8, 4) is 6.07 Å². The number of nitrogens with zero attached hydrogens (tertiary/aromatic N) is 4. The van der Waals surface area contributed by atoms with Crippen LogP contribution in [0.5, 0.6) is 0 Å². The van der Waals surface area contributed by atoms with Gasteiger partial charge in [-0.15, -0.1) is 0 Å². The van der Waals surface area contributed by atoms with Crippen molar-refractivity contribution in [2.24, 2.45) is 5.14 Å². The lowest BCUT2D eigenvalue weighted by atomic mass is 9.87. The van der Waals surface area contributed by atoms with Gasteiger partial charge in [-0.25, -0.2) is 31.7 Å². The molecule has 2 aliphatic rings. The third-order valence-electron chi connectivity index (χ3n) is 7.73. The van der Waals surface area contributed by atoms with Crippen LogP contribution >= 0.6 is 11.6 Å². The number of sulfonamides is 1. The summed E-state index contributed by atoms with van der Waals surface area (Å²) in [5.74, 6) is -6.18. The minimum Gasteiger partial charge on any atom is -0.351 e. The fourth-order valence-electron chi connectivity index (χ4n) is 5.60. The zero-order valence-corrected chi connectivity index (χ0v) is 25.4. The summed E-state index contributed by atoms with van der Waals surface area (Å²) in [6, 6.07) is 9.51. The van der Waals surface area contributed by atoms with E-state index in [9.17, 15) is 41.2 Å². The molecule has 0 spiro atoms. The number of anilines is 2. The zero-order chi connectivity index (χ0) is 33.4. The number of nitrogens with two attached hydrogens (primary N) is 1. The zero-order valence-electron chi connectivity index (χ0n) is 23.9. The molecular formula is C30H26ClF3N6O5S. The number of hydrogen-bond acceptors (Lipinski definition) is 7. The number of alkyl halides is 2. The molecule has 2 heterocycles. The van der Waals surface area contributed by atoms with E-state index in [1.165, 1.54) is 41.4 Å². The number of primary sulfonamides is 1. The normalized spacial score (nSPS) is 18.4. The molecule has 16 heteroatoms. The van der Waals surface area contributed by atoms with Gasteiger partial charge in [-0.1, -0.05) is 29.8 Å². The van der Waals surface area contributed by atoms with Crippen LogP contribution in [0.15, 0.2) is 65.7 Å². The molecule has 1 aliphatic heterocycles. The van der Waals surface area contributed by atoms with Gasteiger partial charge in [0.2, 0.25) is 27.7 Å². The molecule has 0 bridgehead atoms. The number of nitrogens with one attached hydrogen (secondary N) is 1. The van der Waals surface area contributed by atoms with Gasteiger partial charge in [-0.2, -0.15) is 5.26 Å². The van der Waals surface area contributed by atoms with E-state index in [1.54, 1.807) is 6.07 Å². The van der Waals surface area contributed by atoms with Crippen molar-refractivity contribution in [3.63, 3.8) is 0 Å². The van der Waals surface area contributed by atoms with Gasteiger partial charge in [0, 0.05) is 60.2 Å². The molecule has 240 valence electrons. The van der Waals surface area contributed by atoms with Gasteiger partial charge in [0.25, 0.3) is 5.92 Å². The highest BCUT2D eigenvalue weighted by Crippen LogP contribution is 2.40. The van der Waals surface area contributed by atoms with E-state index in [1.807, 2.05) is 6.07 Å². The molecule has 3 aromatic rings. The number of carbonyl (C=O) groups is 3. The molecule has 5 rings (SSSR count). The van der Waals surface area contributed by atoms with Crippen molar-refractivity contribution < 1.29 is 36.0 Å². The second kappa shape index (κ2) is 12.7. The number of rotatable bonds is 9. The van der Waals surface area contributed by atoms with Gasteiger partial charge in [-0.3, -0.25) is 24.2 Å². The Balaban J connectivity index is 1.61. The smallest absolute Gasteiger partial charge is 0.252 e. The number of nitriles is 1. The molecule has 46 heavy (non-hydrogen) atoms. The second-order valence-electron chi connectivity index (χ2n) is 11.0. The summed E-state index contributed by atoms with van der Waals surface area (Å²) in [4.78, 5) is 46.7. The first kappa shape index (κ1) is 32.9. The Hall–Kier alpha value is -4.52. The maximum absolute atomic E-state index is 14.9. The molecule has 1 saturated heterocycles. The van der Waals surface area contributed by atoms with Crippen molar-refractivity contribution in [1.29, 1.82) is 5.26 Å². The van der Waals surface area contributed by atoms with Gasteiger partial charge >= 0.3 is 0 Å². The predicted molar refractivity (Wildman–Crippen MR) is 160 cm³/mol. The summed E-state index contributed by atoms with van der Waals surface area (Å²) < 4.78 is 66.7. The SMILES string of the molecule is N#Cc1ccnc(N2C(=O)CC[C@H]2CC(=O)N(c2cc(F)cc(S(N)(=O)=O)c2)[C@H](C(=O)NC2CC(F)(F)C2)c2ccccc2Cl)c1. The molecule has 1 aliphatic carbocycles.